The second-order valence-electron chi connectivity index (χ2n) is 9.65. The van der Waals surface area contributed by atoms with Crippen LogP contribution in [0.3, 0.4) is 0 Å². The molecule has 0 fully saturated rings. The van der Waals surface area contributed by atoms with E-state index in [0.717, 1.165) is 5.56 Å². The van der Waals surface area contributed by atoms with Gasteiger partial charge in [-0.15, -0.1) is 0 Å². The third-order valence-electron chi connectivity index (χ3n) is 6.71. The van der Waals surface area contributed by atoms with Gasteiger partial charge in [-0.3, -0.25) is 9.59 Å². The number of hydrogen-bond acceptors (Lipinski definition) is 8. The molecule has 1 aliphatic rings. The van der Waals surface area contributed by atoms with Gasteiger partial charge in [-0.25, -0.2) is 19.1 Å². The second-order valence-corrected chi connectivity index (χ2v) is 9.65. The largest absolute Gasteiger partial charge is 0.483 e. The predicted molar refractivity (Wildman–Crippen MR) is 145 cm³/mol. The first-order valence-corrected chi connectivity index (χ1v) is 13.0. The lowest BCUT2D eigenvalue weighted by Crippen LogP contribution is -2.46. The van der Waals surface area contributed by atoms with E-state index in [1.54, 1.807) is 11.0 Å². The number of hydrogen-bond donors (Lipinski definition) is 2. The van der Waals surface area contributed by atoms with Crippen LogP contribution in [0, 0.1) is 0 Å². The Morgan fingerprint density at radius 2 is 1.90 bits per heavy atom. The average molecular weight is 547 g/mol. The monoisotopic (exact) mass is 546 g/mol. The zero-order valence-corrected chi connectivity index (χ0v) is 22.3. The van der Waals surface area contributed by atoms with E-state index in [1.807, 2.05) is 48.7 Å². The van der Waals surface area contributed by atoms with Gasteiger partial charge >= 0.3 is 11.7 Å². The summed E-state index contributed by atoms with van der Waals surface area (Å²) in [7, 11) is 0. The van der Waals surface area contributed by atoms with Crippen molar-refractivity contribution in [1.29, 1.82) is 0 Å². The first kappa shape index (κ1) is 26.9. The molecule has 2 N–H and O–H groups in total. The number of aromatic nitrogens is 4. The summed E-state index contributed by atoms with van der Waals surface area (Å²) in [6, 6.07) is 14.0. The second kappa shape index (κ2) is 11.6. The number of H-pyrrole nitrogens is 1. The number of aromatic amines is 1. The minimum Gasteiger partial charge on any atom is -0.483 e. The van der Waals surface area contributed by atoms with Crippen LogP contribution in [0.1, 0.15) is 46.0 Å². The normalized spacial score (nSPS) is 13.1. The van der Waals surface area contributed by atoms with Crippen molar-refractivity contribution in [3.05, 3.63) is 98.0 Å². The molecule has 0 spiro atoms. The van der Waals surface area contributed by atoms with Gasteiger partial charge in [0.05, 0.1) is 0 Å². The van der Waals surface area contributed by atoms with E-state index < -0.39 is 11.7 Å². The lowest BCUT2D eigenvalue weighted by atomic mass is 10.1. The number of ether oxygens (including phenoxy) is 2. The van der Waals surface area contributed by atoms with Gasteiger partial charge in [-0.1, -0.05) is 30.3 Å². The van der Waals surface area contributed by atoms with Crippen LogP contribution in [-0.2, 0) is 24.4 Å². The van der Waals surface area contributed by atoms with Crippen LogP contribution in [0.2, 0.25) is 0 Å². The molecule has 1 aliphatic heterocycles. The van der Waals surface area contributed by atoms with E-state index in [4.69, 9.17) is 9.47 Å². The quantitative estimate of drug-likeness (QED) is 0.226. The van der Waals surface area contributed by atoms with Gasteiger partial charge in [-0.2, -0.15) is 5.10 Å². The Bertz CT molecular complexity index is 1660. The number of amides is 1. The summed E-state index contributed by atoms with van der Waals surface area (Å²) in [5.41, 5.74) is 1.31. The number of nitrogens with zero attached hydrogens (tertiary/aromatic N) is 4. The molecule has 0 unspecified atom stereocenters. The maximum Gasteiger partial charge on any atom is 0.347 e. The summed E-state index contributed by atoms with van der Waals surface area (Å²) in [4.78, 5) is 52.6. The fraction of sp³-hybridized carbons (Fsp3) is 0.321. The molecule has 0 saturated carbocycles. The van der Waals surface area contributed by atoms with Crippen molar-refractivity contribution in [2.45, 2.75) is 39.6 Å². The Morgan fingerprint density at radius 3 is 2.67 bits per heavy atom. The summed E-state index contributed by atoms with van der Waals surface area (Å²) >= 11 is 0. The summed E-state index contributed by atoms with van der Waals surface area (Å²) in [6.45, 7) is 5.69. The van der Waals surface area contributed by atoms with Gasteiger partial charge in [0, 0.05) is 50.2 Å². The first-order chi connectivity index (χ1) is 19.3. The Hall–Kier alpha value is -4.71. The van der Waals surface area contributed by atoms with Gasteiger partial charge < -0.3 is 24.3 Å². The standard InChI is InChI=1S/C28H30N6O6/c1-18(2)32-12-13-33-20(15-22(35)24(23(33)26(32)36)40-17-19-7-4-3-5-8-19)16-29-10-14-39-27(37)21-9-6-11-34-25(21)30-31-28(34)38/h3-9,11,15,18,29H,10,12-14,16-17H2,1-2H3,(H,31,38). The molecule has 4 heterocycles. The van der Waals surface area contributed by atoms with Crippen LogP contribution in [0.5, 0.6) is 5.75 Å². The Labute approximate surface area is 229 Å². The maximum absolute atomic E-state index is 13.5. The first-order valence-electron chi connectivity index (χ1n) is 13.0. The highest BCUT2D eigenvalue weighted by Gasteiger charge is 2.32. The molecule has 0 saturated heterocycles. The van der Waals surface area contributed by atoms with E-state index in [-0.39, 0.29) is 59.8 Å². The van der Waals surface area contributed by atoms with Crippen LogP contribution in [0.25, 0.3) is 5.65 Å². The number of nitrogens with one attached hydrogen (secondary N) is 2. The maximum atomic E-state index is 13.5. The van der Waals surface area contributed by atoms with E-state index in [2.05, 4.69) is 15.5 Å². The van der Waals surface area contributed by atoms with E-state index in [9.17, 15) is 19.2 Å². The Kier molecular flexibility index (Phi) is 7.78. The molecule has 1 amide bonds. The van der Waals surface area contributed by atoms with Crippen LogP contribution >= 0.6 is 0 Å². The lowest BCUT2D eigenvalue weighted by molar-refractivity contribution is 0.0508. The average Bonchev–Trinajstić information content (AvgIpc) is 3.33. The molecular weight excluding hydrogens is 516 g/mol. The molecule has 40 heavy (non-hydrogen) atoms. The van der Waals surface area contributed by atoms with Gasteiger partial charge in [0.25, 0.3) is 5.91 Å². The zero-order valence-electron chi connectivity index (χ0n) is 22.3. The fourth-order valence-electron chi connectivity index (χ4n) is 4.70. The zero-order chi connectivity index (χ0) is 28.2. The molecular formula is C28H30N6O6. The topological polar surface area (TPSA) is 140 Å². The van der Waals surface area contributed by atoms with Crippen LogP contribution in [0.15, 0.2) is 64.3 Å². The number of benzene rings is 1. The van der Waals surface area contributed by atoms with E-state index in [1.165, 1.54) is 22.7 Å². The molecule has 208 valence electrons. The molecule has 0 bridgehead atoms. The molecule has 3 aromatic heterocycles. The van der Waals surface area contributed by atoms with Crippen LogP contribution in [0.4, 0.5) is 0 Å². The number of fused-ring (bicyclic) bond motifs is 2. The van der Waals surface area contributed by atoms with Gasteiger partial charge in [-0.05, 0) is 31.5 Å². The van der Waals surface area contributed by atoms with E-state index >= 15 is 0 Å². The number of carbonyl (C=O) groups excluding carboxylic acids is 2. The Morgan fingerprint density at radius 1 is 1.10 bits per heavy atom. The molecule has 0 atom stereocenters. The highest BCUT2D eigenvalue weighted by molar-refractivity contribution is 5.96. The molecule has 0 aliphatic carbocycles. The van der Waals surface area contributed by atoms with Crippen LogP contribution in [-0.4, -0.2) is 61.7 Å². The molecule has 12 nitrogen and oxygen atoms in total. The minimum atomic E-state index is -0.612. The molecule has 0 radical (unpaired) electrons. The molecule has 12 heteroatoms. The lowest BCUT2D eigenvalue weighted by Gasteiger charge is -2.35. The number of rotatable bonds is 10. The smallest absolute Gasteiger partial charge is 0.347 e. The summed E-state index contributed by atoms with van der Waals surface area (Å²) in [6.07, 6.45) is 1.51. The molecule has 1 aromatic carbocycles. The van der Waals surface area contributed by atoms with Crippen molar-refractivity contribution >= 4 is 17.5 Å². The molecule has 4 aromatic rings. The van der Waals surface area contributed by atoms with Crippen molar-refractivity contribution in [1.82, 2.24) is 29.4 Å². The molecule has 5 rings (SSSR count). The Balaban J connectivity index is 1.28. The van der Waals surface area contributed by atoms with Gasteiger partial charge in [0.1, 0.15) is 18.8 Å². The van der Waals surface area contributed by atoms with Crippen molar-refractivity contribution in [2.75, 3.05) is 19.7 Å². The number of pyridine rings is 2. The number of esters is 1. The fourth-order valence-corrected chi connectivity index (χ4v) is 4.70. The SMILES string of the molecule is CC(C)N1CCn2c(CNCCOC(=O)c3cccn4c(=O)[nH]nc34)cc(=O)c(OCc3ccccc3)c2C1=O. The van der Waals surface area contributed by atoms with Gasteiger partial charge in [0.2, 0.25) is 5.43 Å². The van der Waals surface area contributed by atoms with Gasteiger partial charge in [0.15, 0.2) is 17.1 Å². The number of carbonyl (C=O) groups is 2. The third-order valence-corrected chi connectivity index (χ3v) is 6.71. The highest BCUT2D eigenvalue weighted by atomic mass is 16.5. The predicted octanol–water partition coefficient (Wildman–Crippen LogP) is 1.57. The summed E-state index contributed by atoms with van der Waals surface area (Å²) in [5, 5.41) is 9.34. The third kappa shape index (κ3) is 5.38. The minimum absolute atomic E-state index is 0.0271. The highest BCUT2D eigenvalue weighted by Crippen LogP contribution is 2.24. The van der Waals surface area contributed by atoms with Crippen molar-refractivity contribution in [3.63, 3.8) is 0 Å². The summed E-state index contributed by atoms with van der Waals surface area (Å²) in [5.74, 6) is -0.813. The van der Waals surface area contributed by atoms with Crippen molar-refractivity contribution in [3.8, 4) is 5.75 Å². The van der Waals surface area contributed by atoms with Crippen molar-refractivity contribution in [2.24, 2.45) is 0 Å². The summed E-state index contributed by atoms with van der Waals surface area (Å²) < 4.78 is 14.3. The van der Waals surface area contributed by atoms with Crippen LogP contribution < -0.4 is 21.2 Å². The van der Waals surface area contributed by atoms with Crippen molar-refractivity contribution < 1.29 is 19.1 Å². The van der Waals surface area contributed by atoms with E-state index in [0.29, 0.717) is 25.3 Å².